The number of benzene rings is 3. The summed E-state index contributed by atoms with van der Waals surface area (Å²) >= 11 is 16.0. The number of carbonyl (C=O) groups is 2. The second-order valence-electron chi connectivity index (χ2n) is 7.48. The van der Waals surface area contributed by atoms with E-state index < -0.39 is 0 Å². The molecular weight excluding hydrogens is 592 g/mol. The van der Waals surface area contributed by atoms with Gasteiger partial charge in [-0.25, -0.2) is 0 Å². The molecule has 0 atom stereocenters. The van der Waals surface area contributed by atoms with Crippen LogP contribution in [0, 0.1) is 10.5 Å². The Labute approximate surface area is 220 Å². The van der Waals surface area contributed by atoms with Crippen molar-refractivity contribution in [1.29, 1.82) is 0 Å². The van der Waals surface area contributed by atoms with E-state index in [0.29, 0.717) is 32.9 Å². The molecule has 0 aliphatic carbocycles. The first-order valence-corrected chi connectivity index (χ1v) is 12.6. The molecule has 0 spiro atoms. The van der Waals surface area contributed by atoms with Crippen molar-refractivity contribution >= 4 is 74.8 Å². The number of thioether (sulfide) groups is 1. The lowest BCUT2D eigenvalue weighted by Crippen LogP contribution is -2.27. The van der Waals surface area contributed by atoms with E-state index in [9.17, 15) is 9.59 Å². The van der Waals surface area contributed by atoms with Crippen LogP contribution in [0.3, 0.4) is 0 Å². The molecule has 0 aromatic heterocycles. The van der Waals surface area contributed by atoms with Crippen molar-refractivity contribution in [2.24, 2.45) is 0 Å². The average Bonchev–Trinajstić information content (AvgIpc) is 3.03. The molecular formula is C25H18Cl2INO3S. The van der Waals surface area contributed by atoms with E-state index >= 15 is 0 Å². The fourth-order valence-corrected chi connectivity index (χ4v) is 5.01. The lowest BCUT2D eigenvalue weighted by molar-refractivity contribution is -0.123. The van der Waals surface area contributed by atoms with Gasteiger partial charge in [0.2, 0.25) is 0 Å². The Morgan fingerprint density at radius 1 is 0.970 bits per heavy atom. The van der Waals surface area contributed by atoms with Crippen molar-refractivity contribution in [2.75, 3.05) is 0 Å². The molecule has 3 aromatic rings. The standard InChI is InChI=1S/C25H18Cl2INO3S/c1-15-2-4-16(5-3-15)13-29-24(30)22(33-25(29)31)12-18-10-20(26)23(21(27)11-18)32-14-17-6-8-19(28)9-7-17/h2-12H,13-14H2,1H3/b22-12-. The maximum Gasteiger partial charge on any atom is 0.293 e. The normalized spacial score (nSPS) is 14.9. The maximum absolute atomic E-state index is 12.8. The third-order valence-corrected chi connectivity index (χ3v) is 7.14. The Kier molecular flexibility index (Phi) is 7.69. The van der Waals surface area contributed by atoms with Crippen LogP contribution in [0.4, 0.5) is 4.79 Å². The predicted molar refractivity (Wildman–Crippen MR) is 143 cm³/mol. The Balaban J connectivity index is 1.49. The summed E-state index contributed by atoms with van der Waals surface area (Å²) < 4.78 is 6.97. The summed E-state index contributed by atoms with van der Waals surface area (Å²) in [6, 6.07) is 19.0. The molecule has 0 N–H and O–H groups in total. The van der Waals surface area contributed by atoms with Crippen molar-refractivity contribution in [3.8, 4) is 5.75 Å². The first kappa shape index (κ1) is 24.1. The number of hydrogen-bond acceptors (Lipinski definition) is 4. The number of amides is 2. The van der Waals surface area contributed by atoms with Crippen LogP contribution in [0.15, 0.2) is 65.6 Å². The number of imide groups is 1. The van der Waals surface area contributed by atoms with Crippen molar-refractivity contribution < 1.29 is 14.3 Å². The second-order valence-corrected chi connectivity index (χ2v) is 10.5. The molecule has 4 rings (SSSR count). The van der Waals surface area contributed by atoms with Crippen LogP contribution in [0.1, 0.15) is 22.3 Å². The number of carbonyl (C=O) groups excluding carboxylic acids is 2. The summed E-state index contributed by atoms with van der Waals surface area (Å²) in [6.45, 7) is 2.55. The zero-order valence-electron chi connectivity index (χ0n) is 17.5. The minimum Gasteiger partial charge on any atom is -0.486 e. The van der Waals surface area contributed by atoms with Crippen LogP contribution in [-0.2, 0) is 17.9 Å². The van der Waals surface area contributed by atoms with E-state index in [1.807, 2.05) is 55.5 Å². The molecule has 0 bridgehead atoms. The van der Waals surface area contributed by atoms with Gasteiger partial charge in [0.25, 0.3) is 11.1 Å². The monoisotopic (exact) mass is 609 g/mol. The van der Waals surface area contributed by atoms with E-state index in [2.05, 4.69) is 22.6 Å². The van der Waals surface area contributed by atoms with Gasteiger partial charge in [-0.3, -0.25) is 14.5 Å². The van der Waals surface area contributed by atoms with Crippen molar-refractivity contribution in [3.63, 3.8) is 0 Å². The fourth-order valence-electron chi connectivity index (χ4n) is 3.20. The third-order valence-electron chi connectivity index (χ3n) is 4.95. The van der Waals surface area contributed by atoms with E-state index in [-0.39, 0.29) is 17.7 Å². The van der Waals surface area contributed by atoms with Gasteiger partial charge in [0.1, 0.15) is 6.61 Å². The lowest BCUT2D eigenvalue weighted by atomic mass is 10.1. The van der Waals surface area contributed by atoms with Gasteiger partial charge < -0.3 is 4.74 Å². The van der Waals surface area contributed by atoms with Crippen LogP contribution >= 0.6 is 57.6 Å². The van der Waals surface area contributed by atoms with Crippen molar-refractivity contribution in [2.45, 2.75) is 20.1 Å². The minimum absolute atomic E-state index is 0.231. The summed E-state index contributed by atoms with van der Waals surface area (Å²) in [6.07, 6.45) is 1.63. The van der Waals surface area contributed by atoms with E-state index in [1.165, 1.54) is 4.90 Å². The Bertz CT molecular complexity index is 1220. The molecule has 33 heavy (non-hydrogen) atoms. The number of nitrogens with zero attached hydrogens (tertiary/aromatic N) is 1. The number of rotatable bonds is 6. The van der Waals surface area contributed by atoms with E-state index in [4.69, 9.17) is 27.9 Å². The Morgan fingerprint density at radius 2 is 1.58 bits per heavy atom. The van der Waals surface area contributed by atoms with Crippen LogP contribution in [0.2, 0.25) is 10.0 Å². The highest BCUT2D eigenvalue weighted by atomic mass is 127. The molecule has 168 valence electrons. The van der Waals surface area contributed by atoms with Gasteiger partial charge >= 0.3 is 0 Å². The topological polar surface area (TPSA) is 46.6 Å². The first-order chi connectivity index (χ1) is 15.8. The molecule has 8 heteroatoms. The van der Waals surface area contributed by atoms with Gasteiger partial charge in [-0.1, -0.05) is 65.2 Å². The van der Waals surface area contributed by atoms with Crippen molar-refractivity contribution in [1.82, 2.24) is 4.90 Å². The second kappa shape index (κ2) is 10.5. The molecule has 1 heterocycles. The number of aryl methyl sites for hydroxylation is 1. The molecule has 0 saturated carbocycles. The number of ether oxygens (including phenoxy) is 1. The highest BCUT2D eigenvalue weighted by Crippen LogP contribution is 2.38. The smallest absolute Gasteiger partial charge is 0.293 e. The average molecular weight is 610 g/mol. The molecule has 0 unspecified atom stereocenters. The van der Waals surface area contributed by atoms with Gasteiger partial charge in [-0.2, -0.15) is 0 Å². The summed E-state index contributed by atoms with van der Waals surface area (Å²) in [7, 11) is 0. The SMILES string of the molecule is Cc1ccc(CN2C(=O)S/C(=C\c3cc(Cl)c(OCc4ccc(I)cc4)c(Cl)c3)C2=O)cc1. The van der Waals surface area contributed by atoms with Crippen molar-refractivity contribution in [3.05, 3.63) is 101 Å². The molecule has 4 nitrogen and oxygen atoms in total. The highest BCUT2D eigenvalue weighted by molar-refractivity contribution is 14.1. The Hall–Kier alpha value is -2.00. The fraction of sp³-hybridized carbons (Fsp3) is 0.120. The largest absolute Gasteiger partial charge is 0.486 e. The summed E-state index contributed by atoms with van der Waals surface area (Å²) in [5.41, 5.74) is 3.62. The van der Waals surface area contributed by atoms with Gasteiger partial charge in [-0.15, -0.1) is 0 Å². The summed E-state index contributed by atoms with van der Waals surface area (Å²) in [5.74, 6) is 0.0402. The van der Waals surface area contributed by atoms with Crippen LogP contribution in [0.25, 0.3) is 6.08 Å². The molecule has 1 aliphatic rings. The summed E-state index contributed by atoms with van der Waals surface area (Å²) in [5, 5.41) is 0.359. The predicted octanol–water partition coefficient (Wildman–Crippen LogP) is 7.72. The molecule has 1 fully saturated rings. The number of halogens is 3. The maximum atomic E-state index is 12.8. The number of hydrogen-bond donors (Lipinski definition) is 0. The van der Waals surface area contributed by atoms with E-state index in [0.717, 1.165) is 32.0 Å². The van der Waals surface area contributed by atoms with Crippen LogP contribution < -0.4 is 4.74 Å². The summed E-state index contributed by atoms with van der Waals surface area (Å²) in [4.78, 5) is 26.8. The third kappa shape index (κ3) is 5.93. The highest BCUT2D eigenvalue weighted by Gasteiger charge is 2.35. The Morgan fingerprint density at radius 3 is 2.21 bits per heavy atom. The quantitative estimate of drug-likeness (QED) is 0.212. The zero-order valence-corrected chi connectivity index (χ0v) is 22.0. The van der Waals surface area contributed by atoms with Gasteiger partial charge in [0.15, 0.2) is 5.75 Å². The molecule has 1 aliphatic heterocycles. The van der Waals surface area contributed by atoms with Crippen LogP contribution in [-0.4, -0.2) is 16.0 Å². The molecule has 1 saturated heterocycles. The minimum atomic E-state index is -0.336. The van der Waals surface area contributed by atoms with Gasteiger partial charge in [-0.05, 0) is 88.3 Å². The molecule has 0 radical (unpaired) electrons. The first-order valence-electron chi connectivity index (χ1n) is 9.97. The van der Waals surface area contributed by atoms with Gasteiger partial charge in [0, 0.05) is 3.57 Å². The zero-order chi connectivity index (χ0) is 23.5. The molecule has 2 amide bonds. The van der Waals surface area contributed by atoms with Gasteiger partial charge in [0.05, 0.1) is 21.5 Å². The molecule has 3 aromatic carbocycles. The lowest BCUT2D eigenvalue weighted by Gasteiger charge is -2.12. The van der Waals surface area contributed by atoms with E-state index in [1.54, 1.807) is 18.2 Å². The van der Waals surface area contributed by atoms with Crippen LogP contribution in [0.5, 0.6) is 5.75 Å².